The third-order valence-corrected chi connectivity index (χ3v) is 10.2. The quantitative estimate of drug-likeness (QED) is 0.214. The van der Waals surface area contributed by atoms with E-state index in [1.807, 2.05) is 84.9 Å². The lowest BCUT2D eigenvalue weighted by Crippen LogP contribution is -2.51. The van der Waals surface area contributed by atoms with E-state index in [-0.39, 0.29) is 17.3 Å². The highest BCUT2D eigenvalue weighted by Crippen LogP contribution is 2.72. The highest BCUT2D eigenvalue weighted by molar-refractivity contribution is 6.31. The van der Waals surface area contributed by atoms with Crippen molar-refractivity contribution in [3.63, 3.8) is 0 Å². The van der Waals surface area contributed by atoms with Crippen LogP contribution in [0.1, 0.15) is 43.0 Å². The second-order valence-corrected chi connectivity index (χ2v) is 11.7. The third kappa shape index (κ3) is 2.44. The summed E-state index contributed by atoms with van der Waals surface area (Å²) in [4.78, 5) is 45.5. The topological polar surface area (TPSA) is 51.2 Å². The summed E-state index contributed by atoms with van der Waals surface area (Å²) in [5.74, 6) is -2.08. The van der Waals surface area contributed by atoms with E-state index < -0.39 is 22.7 Å². The van der Waals surface area contributed by atoms with Crippen LogP contribution in [0.5, 0.6) is 0 Å². The van der Waals surface area contributed by atoms with Crippen molar-refractivity contribution < 1.29 is 14.4 Å². The van der Waals surface area contributed by atoms with Crippen molar-refractivity contribution in [1.29, 1.82) is 0 Å². The number of benzene rings is 6. The molecule has 0 aromatic heterocycles. The molecule has 0 heterocycles. The third-order valence-electron chi connectivity index (χ3n) is 10.2. The van der Waals surface area contributed by atoms with E-state index in [1.165, 1.54) is 0 Å². The summed E-state index contributed by atoms with van der Waals surface area (Å²) in [6.45, 7) is 0. The minimum absolute atomic E-state index is 0.0755. The number of hydrogen-bond acceptors (Lipinski definition) is 3. The average molecular weight is 541 g/mol. The molecular weight excluding hydrogens is 516 g/mol. The smallest absolute Gasteiger partial charge is 0.169 e. The number of carbonyl (C=O) groups excluding carboxylic acids is 3. The zero-order valence-electron chi connectivity index (χ0n) is 22.6. The van der Waals surface area contributed by atoms with E-state index >= 15 is 4.79 Å². The SMILES string of the molecule is O=C1c2ccccc2C(=O)[C@H]2[C@@H]1[C@]1(c3ccccc3)C(=O)[C@@]2(c2ccccc2)c2c1c1ccccc1c1ccccc21. The average Bonchev–Trinajstić information content (AvgIpc) is 3.45. The Morgan fingerprint density at radius 3 is 1.12 bits per heavy atom. The Bertz CT molecular complexity index is 2010. The monoisotopic (exact) mass is 540 g/mol. The molecule has 2 bridgehead atoms. The standard InChI is InChI=1S/C39H24O3/c40-35-29-21-11-12-22-30(29)36(41)34-33(35)38(23-13-3-1-4-14-23)31-27-19-9-7-17-25(27)26-18-8-10-20-28(26)32(31)39(34,37(38)42)24-15-5-2-6-16-24/h1-22,33-34H/t33-,34+,38+,39-. The molecule has 3 nitrogen and oxygen atoms in total. The highest BCUT2D eigenvalue weighted by atomic mass is 16.2. The van der Waals surface area contributed by atoms with Gasteiger partial charge in [0, 0.05) is 11.1 Å². The zero-order chi connectivity index (χ0) is 28.2. The van der Waals surface area contributed by atoms with Crippen molar-refractivity contribution in [1.82, 2.24) is 0 Å². The first-order valence-corrected chi connectivity index (χ1v) is 14.4. The molecule has 0 aliphatic heterocycles. The molecule has 6 aromatic carbocycles. The predicted molar refractivity (Wildman–Crippen MR) is 163 cm³/mol. The van der Waals surface area contributed by atoms with Crippen LogP contribution < -0.4 is 0 Å². The van der Waals surface area contributed by atoms with Crippen LogP contribution in [-0.4, -0.2) is 17.3 Å². The molecule has 1 saturated carbocycles. The fraction of sp³-hybridized carbons (Fsp3) is 0.103. The van der Waals surface area contributed by atoms with Crippen LogP contribution in [0.25, 0.3) is 21.5 Å². The summed E-state index contributed by atoms with van der Waals surface area (Å²) in [6.07, 6.45) is 0. The lowest BCUT2D eigenvalue weighted by molar-refractivity contribution is -0.123. The molecule has 42 heavy (non-hydrogen) atoms. The van der Waals surface area contributed by atoms with E-state index in [2.05, 4.69) is 24.3 Å². The van der Waals surface area contributed by atoms with Crippen LogP contribution in [-0.2, 0) is 15.6 Å². The fourth-order valence-corrected chi connectivity index (χ4v) is 8.85. The molecule has 0 saturated heterocycles. The first-order valence-electron chi connectivity index (χ1n) is 14.4. The number of carbonyl (C=O) groups is 3. The summed E-state index contributed by atoms with van der Waals surface area (Å²) in [5, 5.41) is 3.99. The van der Waals surface area contributed by atoms with Gasteiger partial charge in [-0.25, -0.2) is 0 Å². The summed E-state index contributed by atoms with van der Waals surface area (Å²) >= 11 is 0. The van der Waals surface area contributed by atoms with Crippen molar-refractivity contribution in [3.8, 4) is 0 Å². The minimum atomic E-state index is -1.33. The van der Waals surface area contributed by atoms with Gasteiger partial charge in [0.25, 0.3) is 0 Å². The highest BCUT2D eigenvalue weighted by Gasteiger charge is 2.80. The molecule has 0 unspecified atom stereocenters. The predicted octanol–water partition coefficient (Wildman–Crippen LogP) is 7.47. The van der Waals surface area contributed by atoms with Crippen LogP contribution in [0.2, 0.25) is 0 Å². The van der Waals surface area contributed by atoms with Crippen molar-refractivity contribution in [2.24, 2.45) is 11.8 Å². The second-order valence-electron chi connectivity index (χ2n) is 11.7. The molecule has 0 spiro atoms. The van der Waals surface area contributed by atoms with Gasteiger partial charge in [-0.3, -0.25) is 14.4 Å². The molecule has 0 N–H and O–H groups in total. The molecule has 0 amide bonds. The van der Waals surface area contributed by atoms with E-state index in [4.69, 9.17) is 0 Å². The summed E-state index contributed by atoms with van der Waals surface area (Å²) < 4.78 is 0. The Morgan fingerprint density at radius 2 is 0.714 bits per heavy atom. The van der Waals surface area contributed by atoms with Gasteiger partial charge in [0.15, 0.2) is 17.3 Å². The van der Waals surface area contributed by atoms with Crippen molar-refractivity contribution in [3.05, 3.63) is 167 Å². The second kappa shape index (κ2) is 7.98. The molecule has 3 aliphatic rings. The van der Waals surface area contributed by atoms with Crippen LogP contribution >= 0.6 is 0 Å². The molecule has 3 heteroatoms. The number of hydrogen-bond donors (Lipinski definition) is 0. The van der Waals surface area contributed by atoms with Crippen molar-refractivity contribution in [2.45, 2.75) is 10.8 Å². The van der Waals surface area contributed by atoms with Gasteiger partial charge in [-0.05, 0) is 43.8 Å². The minimum Gasteiger partial charge on any atom is -0.297 e. The Balaban J connectivity index is 1.59. The maximum atomic E-state index is 15.9. The van der Waals surface area contributed by atoms with Gasteiger partial charge in [-0.15, -0.1) is 0 Å². The molecular formula is C39H24O3. The Morgan fingerprint density at radius 1 is 0.381 bits per heavy atom. The Kier molecular flexibility index (Phi) is 4.48. The van der Waals surface area contributed by atoms with Gasteiger partial charge >= 0.3 is 0 Å². The van der Waals surface area contributed by atoms with Crippen molar-refractivity contribution >= 4 is 38.9 Å². The maximum Gasteiger partial charge on any atom is 0.169 e. The fourth-order valence-electron chi connectivity index (χ4n) is 8.85. The van der Waals surface area contributed by atoms with Gasteiger partial charge in [-0.2, -0.15) is 0 Å². The molecule has 9 rings (SSSR count). The van der Waals surface area contributed by atoms with Gasteiger partial charge in [-0.1, -0.05) is 133 Å². The number of fused-ring (bicyclic) bond motifs is 14. The van der Waals surface area contributed by atoms with E-state index in [9.17, 15) is 9.59 Å². The largest absolute Gasteiger partial charge is 0.297 e. The van der Waals surface area contributed by atoms with E-state index in [1.54, 1.807) is 24.3 Å². The van der Waals surface area contributed by atoms with Crippen LogP contribution in [0.3, 0.4) is 0 Å². The number of ketones is 3. The van der Waals surface area contributed by atoms with Crippen LogP contribution in [0.15, 0.2) is 133 Å². The van der Waals surface area contributed by atoms with Crippen LogP contribution in [0, 0.1) is 11.8 Å². The van der Waals surface area contributed by atoms with Crippen molar-refractivity contribution in [2.75, 3.05) is 0 Å². The molecule has 1 fully saturated rings. The molecule has 0 radical (unpaired) electrons. The van der Waals surface area contributed by atoms with Gasteiger partial charge < -0.3 is 0 Å². The number of rotatable bonds is 2. The lowest BCUT2D eigenvalue weighted by atomic mass is 9.53. The van der Waals surface area contributed by atoms with Gasteiger partial charge in [0.2, 0.25) is 0 Å². The zero-order valence-corrected chi connectivity index (χ0v) is 22.6. The lowest BCUT2D eigenvalue weighted by Gasteiger charge is -2.44. The molecule has 3 aliphatic carbocycles. The summed E-state index contributed by atoms with van der Waals surface area (Å²) in [7, 11) is 0. The Labute approximate surface area is 242 Å². The molecule has 198 valence electrons. The first-order chi connectivity index (χ1) is 20.6. The van der Waals surface area contributed by atoms with Gasteiger partial charge in [0.05, 0.1) is 22.7 Å². The Hall–Kier alpha value is -5.15. The molecule has 4 atom stereocenters. The van der Waals surface area contributed by atoms with Gasteiger partial charge in [0.1, 0.15) is 0 Å². The summed E-state index contributed by atoms with van der Waals surface area (Å²) in [6, 6.07) is 42.9. The molecule has 6 aromatic rings. The normalized spacial score (nSPS) is 25.5. The maximum absolute atomic E-state index is 15.9. The van der Waals surface area contributed by atoms with Crippen LogP contribution in [0.4, 0.5) is 0 Å². The first kappa shape index (κ1) is 23.5. The van der Waals surface area contributed by atoms with E-state index in [0.717, 1.165) is 43.8 Å². The van der Waals surface area contributed by atoms with E-state index in [0.29, 0.717) is 11.1 Å². The summed E-state index contributed by atoms with van der Waals surface area (Å²) in [5.41, 5.74) is 1.44. The number of Topliss-reactive ketones (excluding diaryl/α,β-unsaturated/α-hetero) is 3.